The number of aliphatic hydroxyl groups is 2. The summed E-state index contributed by atoms with van der Waals surface area (Å²) < 4.78 is 28.4. The minimum Gasteiger partial charge on any atom is -0.390 e. The summed E-state index contributed by atoms with van der Waals surface area (Å²) >= 11 is 0. The maximum atomic E-state index is 11.1. The van der Waals surface area contributed by atoms with E-state index < -0.39 is 34.5 Å². The molecule has 36 heavy (non-hydrogen) atoms. The maximum absolute atomic E-state index is 11.1. The van der Waals surface area contributed by atoms with Gasteiger partial charge in [0.2, 0.25) is 0 Å². The second-order valence-electron chi connectivity index (χ2n) is 8.43. The highest BCUT2D eigenvalue weighted by atomic mass is 32.2. The lowest BCUT2D eigenvalue weighted by Crippen LogP contribution is -2.40. The molecule has 0 radical (unpaired) electrons. The molecule has 0 aliphatic heterocycles. The second kappa shape index (κ2) is 10.7. The number of nitrogens with zero attached hydrogens (tertiary/aromatic N) is 4. The number of hydrogen-bond donors (Lipinski definition) is 4. The molecule has 5 N–H and O–H groups in total. The zero-order valence-corrected chi connectivity index (χ0v) is 20.4. The van der Waals surface area contributed by atoms with Crippen LogP contribution in [0.3, 0.4) is 0 Å². The Hall–Kier alpha value is -3.42. The van der Waals surface area contributed by atoms with Crippen LogP contribution < -0.4 is 10.5 Å². The molecule has 4 atom stereocenters. The van der Waals surface area contributed by atoms with Gasteiger partial charge in [-0.25, -0.2) is 10.1 Å². The van der Waals surface area contributed by atoms with Gasteiger partial charge < -0.3 is 15.5 Å². The molecule has 190 valence electrons. The van der Waals surface area contributed by atoms with Gasteiger partial charge in [0.25, 0.3) is 0 Å². The van der Waals surface area contributed by atoms with E-state index in [1.54, 1.807) is 29.9 Å². The van der Waals surface area contributed by atoms with E-state index in [4.69, 9.17) is 10.2 Å². The lowest BCUT2D eigenvalue weighted by atomic mass is 10.1. The molecular formula is C24H28N6O5S. The Morgan fingerprint density at radius 3 is 2.61 bits per heavy atom. The quantitative estimate of drug-likeness (QED) is 0.314. The van der Waals surface area contributed by atoms with Gasteiger partial charge >= 0.3 is 10.3 Å². The summed E-state index contributed by atoms with van der Waals surface area (Å²) in [6, 6.07) is 14.7. The second-order valence-corrected chi connectivity index (χ2v) is 9.65. The van der Waals surface area contributed by atoms with Crippen LogP contribution >= 0.6 is 0 Å². The Balaban J connectivity index is 1.56. The van der Waals surface area contributed by atoms with Crippen molar-refractivity contribution in [3.63, 3.8) is 0 Å². The number of allylic oxidation sites excluding steroid dienone is 1. The fourth-order valence-corrected chi connectivity index (χ4v) is 4.61. The average molecular weight is 513 g/mol. The monoisotopic (exact) mass is 512 g/mol. The Labute approximate surface area is 209 Å². The lowest BCUT2D eigenvalue weighted by molar-refractivity contribution is 0.00412. The lowest BCUT2D eigenvalue weighted by Gasteiger charge is -2.21. The first-order valence-electron chi connectivity index (χ1n) is 11.3. The van der Waals surface area contributed by atoms with Gasteiger partial charge in [-0.15, -0.1) is 0 Å². The van der Waals surface area contributed by atoms with Crippen LogP contribution in [-0.4, -0.2) is 65.0 Å². The summed E-state index contributed by atoms with van der Waals surface area (Å²) in [6.45, 7) is 5.10. The Morgan fingerprint density at radius 1 is 1.22 bits per heavy atom. The predicted molar refractivity (Wildman–Crippen MR) is 136 cm³/mol. The highest BCUT2D eigenvalue weighted by Gasteiger charge is 2.42. The van der Waals surface area contributed by atoms with Crippen LogP contribution in [0.4, 0.5) is 5.82 Å². The van der Waals surface area contributed by atoms with Crippen molar-refractivity contribution >= 4 is 28.7 Å². The Morgan fingerprint density at radius 2 is 1.97 bits per heavy atom. The van der Waals surface area contributed by atoms with Gasteiger partial charge in [0, 0.05) is 29.3 Å². The molecule has 0 amide bonds. The van der Waals surface area contributed by atoms with E-state index in [1.165, 1.54) is 0 Å². The summed E-state index contributed by atoms with van der Waals surface area (Å²) in [5.74, 6) is 0.346. The van der Waals surface area contributed by atoms with E-state index in [0.29, 0.717) is 17.3 Å². The number of aliphatic hydroxyl groups excluding tert-OH is 2. The van der Waals surface area contributed by atoms with Crippen LogP contribution in [0.5, 0.6) is 0 Å². The zero-order valence-electron chi connectivity index (χ0n) is 19.6. The van der Waals surface area contributed by atoms with Crippen LogP contribution in [0, 0.1) is 5.92 Å². The number of benzene rings is 1. The van der Waals surface area contributed by atoms with Gasteiger partial charge in [0.15, 0.2) is 5.82 Å². The molecule has 0 unspecified atom stereocenters. The molecule has 1 aliphatic carbocycles. The smallest absolute Gasteiger partial charge is 0.333 e. The first kappa shape index (κ1) is 25.7. The number of aromatic nitrogens is 3. The molecule has 2 heterocycles. The van der Waals surface area contributed by atoms with Crippen LogP contribution in [0.2, 0.25) is 0 Å². The SMILES string of the molecule is C=Nc1cc(-c2cccc(-c3ccccn3)c2)nn1/C(=C\C)N[C@@H]1C[C@H](COS(N)(=O)=O)[C@@H](O)[C@H]1O. The van der Waals surface area contributed by atoms with Crippen molar-refractivity contribution < 1.29 is 22.8 Å². The fraction of sp³-hybridized carbons (Fsp3) is 0.292. The van der Waals surface area contributed by atoms with Crippen LogP contribution in [0.1, 0.15) is 13.3 Å². The zero-order chi connectivity index (χ0) is 25.9. The minimum absolute atomic E-state index is 0.242. The summed E-state index contributed by atoms with van der Waals surface area (Å²) in [5.41, 5.74) is 3.29. The number of nitrogens with two attached hydrogens (primary N) is 1. The molecule has 1 aromatic carbocycles. The number of nitrogens with one attached hydrogen (secondary N) is 1. The summed E-state index contributed by atoms with van der Waals surface area (Å²) in [6.07, 6.45) is 1.37. The number of hydrogen-bond acceptors (Lipinski definition) is 9. The molecule has 2 aromatic heterocycles. The molecule has 1 saturated carbocycles. The molecule has 11 nitrogen and oxygen atoms in total. The summed E-state index contributed by atoms with van der Waals surface area (Å²) in [5, 5.41) is 33.7. The van der Waals surface area contributed by atoms with Crippen molar-refractivity contribution in [1.29, 1.82) is 0 Å². The predicted octanol–water partition coefficient (Wildman–Crippen LogP) is 1.68. The summed E-state index contributed by atoms with van der Waals surface area (Å²) in [4.78, 5) is 8.49. The molecule has 0 spiro atoms. The van der Waals surface area contributed by atoms with Gasteiger partial charge in [0.1, 0.15) is 11.9 Å². The van der Waals surface area contributed by atoms with Gasteiger partial charge in [-0.2, -0.15) is 18.2 Å². The molecule has 1 aliphatic rings. The van der Waals surface area contributed by atoms with Crippen LogP contribution in [0.25, 0.3) is 28.3 Å². The molecular weight excluding hydrogens is 484 g/mol. The molecule has 0 saturated heterocycles. The van der Waals surface area contributed by atoms with Crippen molar-refractivity contribution in [1.82, 2.24) is 20.1 Å². The third-order valence-corrected chi connectivity index (χ3v) is 6.52. The van der Waals surface area contributed by atoms with Gasteiger partial charge in [0.05, 0.1) is 30.1 Å². The van der Waals surface area contributed by atoms with E-state index in [0.717, 1.165) is 16.8 Å². The minimum atomic E-state index is -4.16. The third-order valence-electron chi connectivity index (χ3n) is 6.05. The van der Waals surface area contributed by atoms with Crippen molar-refractivity contribution in [3.8, 4) is 22.5 Å². The topological polar surface area (TPSA) is 165 Å². The first-order chi connectivity index (χ1) is 17.2. The fourth-order valence-electron chi connectivity index (χ4n) is 4.25. The molecule has 1 fully saturated rings. The molecule has 12 heteroatoms. The normalized spacial score (nSPS) is 22.5. The van der Waals surface area contributed by atoms with Crippen molar-refractivity contribution in [2.24, 2.45) is 16.0 Å². The maximum Gasteiger partial charge on any atom is 0.333 e. The van der Waals surface area contributed by atoms with Crippen molar-refractivity contribution in [2.45, 2.75) is 31.6 Å². The average Bonchev–Trinajstić information content (AvgIpc) is 3.43. The van der Waals surface area contributed by atoms with E-state index >= 15 is 0 Å². The first-order valence-corrected chi connectivity index (χ1v) is 12.7. The van der Waals surface area contributed by atoms with E-state index in [-0.39, 0.29) is 13.0 Å². The van der Waals surface area contributed by atoms with Crippen LogP contribution in [0.15, 0.2) is 65.8 Å². The van der Waals surface area contributed by atoms with Gasteiger partial charge in [-0.1, -0.05) is 24.3 Å². The Kier molecular flexibility index (Phi) is 7.62. The van der Waals surface area contributed by atoms with Crippen LogP contribution in [-0.2, 0) is 14.5 Å². The van der Waals surface area contributed by atoms with Gasteiger partial charge in [-0.05, 0) is 44.3 Å². The van der Waals surface area contributed by atoms with Crippen molar-refractivity contribution in [2.75, 3.05) is 6.61 Å². The molecule has 3 aromatic rings. The summed E-state index contributed by atoms with van der Waals surface area (Å²) in [7, 11) is -4.16. The standard InChI is InChI=1S/C24H28N6O5S/c1-3-21(28-20-12-17(23(31)24(20)32)14-35-36(25,33)34)30-22(26-2)13-19(29-30)16-8-6-7-15(11-16)18-9-4-5-10-27-18/h3-11,13,17,20,23-24,28,31-32H,2,12,14H2,1H3,(H2,25,33,34)/b21-3-/t17-,20-,23-,24+/m1/s1. The highest BCUT2D eigenvalue weighted by Crippen LogP contribution is 2.31. The van der Waals surface area contributed by atoms with E-state index in [1.807, 2.05) is 42.5 Å². The number of rotatable bonds is 9. The van der Waals surface area contributed by atoms with Crippen molar-refractivity contribution in [3.05, 3.63) is 60.8 Å². The van der Waals surface area contributed by atoms with Gasteiger partial charge in [-0.3, -0.25) is 9.17 Å². The largest absolute Gasteiger partial charge is 0.390 e. The molecule has 4 rings (SSSR count). The molecule has 0 bridgehead atoms. The number of pyridine rings is 1. The third kappa shape index (κ3) is 5.69. The Bertz CT molecular complexity index is 1360. The van der Waals surface area contributed by atoms with E-state index in [9.17, 15) is 18.6 Å². The van der Waals surface area contributed by atoms with E-state index in [2.05, 4.69) is 26.2 Å². The highest BCUT2D eigenvalue weighted by molar-refractivity contribution is 7.84. The number of aliphatic imine (C=N–C) groups is 1.